The summed E-state index contributed by atoms with van der Waals surface area (Å²) in [5.41, 5.74) is 4.05. The standard InChI is InChI=1S/C30H36BrN3O4S/c1-21(2)32-30(36)28(18-24-9-7-6-8-10-24)33(19-25-12-14-26(31)15-13-25)29(35)20-34(39(5,37)38)27-16-11-22(3)23(4)17-27/h6-17,21,28H,18-20H2,1-5H3,(H,32,36). The van der Waals surface area contributed by atoms with E-state index in [2.05, 4.69) is 21.2 Å². The zero-order valence-corrected chi connectivity index (χ0v) is 25.4. The Labute approximate surface area is 240 Å². The van der Waals surface area contributed by atoms with E-state index >= 15 is 0 Å². The lowest BCUT2D eigenvalue weighted by atomic mass is 10.0. The van der Waals surface area contributed by atoms with Gasteiger partial charge in [-0.25, -0.2) is 8.42 Å². The maximum Gasteiger partial charge on any atom is 0.244 e. The van der Waals surface area contributed by atoms with Crippen LogP contribution in [0.25, 0.3) is 0 Å². The Balaban J connectivity index is 2.06. The molecule has 7 nitrogen and oxygen atoms in total. The predicted molar refractivity (Wildman–Crippen MR) is 160 cm³/mol. The first-order valence-corrected chi connectivity index (χ1v) is 15.4. The van der Waals surface area contributed by atoms with E-state index in [0.717, 1.165) is 37.3 Å². The zero-order chi connectivity index (χ0) is 28.7. The highest BCUT2D eigenvalue weighted by molar-refractivity contribution is 9.10. The fraction of sp³-hybridized carbons (Fsp3) is 0.333. The Kier molecular flexibility index (Phi) is 10.3. The van der Waals surface area contributed by atoms with Crippen molar-refractivity contribution in [2.75, 3.05) is 17.1 Å². The smallest absolute Gasteiger partial charge is 0.244 e. The van der Waals surface area contributed by atoms with Crippen LogP contribution in [0.2, 0.25) is 0 Å². The van der Waals surface area contributed by atoms with Gasteiger partial charge in [-0.15, -0.1) is 0 Å². The second-order valence-corrected chi connectivity index (χ2v) is 12.9. The van der Waals surface area contributed by atoms with E-state index in [0.29, 0.717) is 5.69 Å². The molecule has 208 valence electrons. The number of rotatable bonds is 11. The number of anilines is 1. The molecular formula is C30H36BrN3O4S. The Morgan fingerprint density at radius 3 is 2.10 bits per heavy atom. The number of nitrogens with one attached hydrogen (secondary N) is 1. The largest absolute Gasteiger partial charge is 0.352 e. The Bertz CT molecular complexity index is 1390. The van der Waals surface area contributed by atoms with Crippen molar-refractivity contribution in [1.29, 1.82) is 0 Å². The van der Waals surface area contributed by atoms with E-state index in [9.17, 15) is 18.0 Å². The first kappa shape index (κ1) is 30.4. The fourth-order valence-corrected chi connectivity index (χ4v) is 5.32. The molecule has 3 rings (SSSR count). The molecule has 0 bridgehead atoms. The third-order valence-corrected chi connectivity index (χ3v) is 8.10. The molecule has 0 aliphatic heterocycles. The lowest BCUT2D eigenvalue weighted by Crippen LogP contribution is -2.54. The first-order valence-electron chi connectivity index (χ1n) is 12.8. The number of hydrogen-bond acceptors (Lipinski definition) is 4. The van der Waals surface area contributed by atoms with Gasteiger partial charge in [0.2, 0.25) is 21.8 Å². The average Bonchev–Trinajstić information content (AvgIpc) is 2.87. The van der Waals surface area contributed by atoms with Crippen molar-refractivity contribution in [2.45, 2.75) is 52.7 Å². The summed E-state index contributed by atoms with van der Waals surface area (Å²) in [7, 11) is -3.80. The van der Waals surface area contributed by atoms with Gasteiger partial charge in [-0.1, -0.05) is 64.5 Å². The summed E-state index contributed by atoms with van der Waals surface area (Å²) in [6, 6.07) is 21.3. The van der Waals surface area contributed by atoms with Gasteiger partial charge in [0.25, 0.3) is 0 Å². The Morgan fingerprint density at radius 2 is 1.54 bits per heavy atom. The fourth-order valence-electron chi connectivity index (χ4n) is 4.22. The summed E-state index contributed by atoms with van der Waals surface area (Å²) < 4.78 is 27.8. The topological polar surface area (TPSA) is 86.8 Å². The molecule has 3 aromatic rings. The van der Waals surface area contributed by atoms with Crippen molar-refractivity contribution in [3.8, 4) is 0 Å². The van der Waals surface area contributed by atoms with Crippen LogP contribution in [-0.4, -0.2) is 50.0 Å². The molecule has 2 amide bonds. The van der Waals surface area contributed by atoms with Gasteiger partial charge in [0, 0.05) is 23.5 Å². The number of sulfonamides is 1. The highest BCUT2D eigenvalue weighted by Crippen LogP contribution is 2.23. The van der Waals surface area contributed by atoms with Crippen LogP contribution in [0.5, 0.6) is 0 Å². The molecule has 1 unspecified atom stereocenters. The number of aryl methyl sites for hydroxylation is 2. The second-order valence-electron chi connectivity index (χ2n) is 10.1. The quantitative estimate of drug-likeness (QED) is 0.330. The van der Waals surface area contributed by atoms with E-state index in [1.54, 1.807) is 12.1 Å². The minimum absolute atomic E-state index is 0.136. The second kappa shape index (κ2) is 13.3. The van der Waals surface area contributed by atoms with Crippen molar-refractivity contribution in [2.24, 2.45) is 0 Å². The minimum Gasteiger partial charge on any atom is -0.352 e. The van der Waals surface area contributed by atoms with Crippen molar-refractivity contribution in [1.82, 2.24) is 10.2 Å². The lowest BCUT2D eigenvalue weighted by Gasteiger charge is -2.34. The molecule has 0 aliphatic rings. The van der Waals surface area contributed by atoms with Gasteiger partial charge in [-0.05, 0) is 74.2 Å². The Hall–Kier alpha value is -3.17. The molecule has 0 saturated heterocycles. The van der Waals surface area contributed by atoms with Gasteiger partial charge in [0.15, 0.2) is 0 Å². The summed E-state index contributed by atoms with van der Waals surface area (Å²) in [5, 5.41) is 2.95. The average molecular weight is 615 g/mol. The van der Waals surface area contributed by atoms with Crippen LogP contribution in [0.4, 0.5) is 5.69 Å². The van der Waals surface area contributed by atoms with Gasteiger partial charge in [-0.2, -0.15) is 0 Å². The van der Waals surface area contributed by atoms with Gasteiger partial charge < -0.3 is 10.2 Å². The summed E-state index contributed by atoms with van der Waals surface area (Å²) >= 11 is 3.44. The molecule has 1 atom stereocenters. The normalized spacial score (nSPS) is 12.2. The number of amides is 2. The molecule has 0 fully saturated rings. The van der Waals surface area contributed by atoms with Crippen LogP contribution in [0, 0.1) is 13.8 Å². The van der Waals surface area contributed by atoms with Crippen LogP contribution in [0.1, 0.15) is 36.1 Å². The van der Waals surface area contributed by atoms with E-state index in [1.165, 1.54) is 4.90 Å². The molecule has 1 N–H and O–H groups in total. The van der Waals surface area contributed by atoms with Crippen molar-refractivity contribution in [3.63, 3.8) is 0 Å². The lowest BCUT2D eigenvalue weighted by molar-refractivity contribution is -0.140. The molecule has 0 aliphatic carbocycles. The highest BCUT2D eigenvalue weighted by atomic mass is 79.9. The van der Waals surface area contributed by atoms with E-state index in [1.807, 2.05) is 88.4 Å². The van der Waals surface area contributed by atoms with Crippen LogP contribution in [-0.2, 0) is 32.6 Å². The van der Waals surface area contributed by atoms with E-state index in [4.69, 9.17) is 0 Å². The van der Waals surface area contributed by atoms with Gasteiger partial charge in [0.05, 0.1) is 11.9 Å². The van der Waals surface area contributed by atoms with Crippen LogP contribution in [0.3, 0.4) is 0 Å². The molecule has 0 saturated carbocycles. The molecular weight excluding hydrogens is 578 g/mol. The third kappa shape index (κ3) is 8.66. The van der Waals surface area contributed by atoms with Crippen LogP contribution >= 0.6 is 15.9 Å². The SMILES string of the molecule is Cc1ccc(N(CC(=O)N(Cc2ccc(Br)cc2)C(Cc2ccccc2)C(=O)NC(C)C)S(C)(=O)=O)cc1C. The van der Waals surface area contributed by atoms with Gasteiger partial charge in [0.1, 0.15) is 12.6 Å². The molecule has 3 aromatic carbocycles. The monoisotopic (exact) mass is 613 g/mol. The molecule has 0 heterocycles. The number of nitrogens with zero attached hydrogens (tertiary/aromatic N) is 2. The van der Waals surface area contributed by atoms with Gasteiger partial charge in [-0.3, -0.25) is 13.9 Å². The van der Waals surface area contributed by atoms with Crippen LogP contribution in [0.15, 0.2) is 77.3 Å². The first-order chi connectivity index (χ1) is 18.3. The molecule has 0 spiro atoms. The maximum absolute atomic E-state index is 14.0. The molecule has 39 heavy (non-hydrogen) atoms. The predicted octanol–water partition coefficient (Wildman–Crippen LogP) is 5.00. The molecule has 0 aromatic heterocycles. The summed E-state index contributed by atoms with van der Waals surface area (Å²) in [6.07, 6.45) is 1.37. The summed E-state index contributed by atoms with van der Waals surface area (Å²) in [6.45, 7) is 7.27. The third-order valence-electron chi connectivity index (χ3n) is 6.43. The molecule has 0 radical (unpaired) electrons. The zero-order valence-electron chi connectivity index (χ0n) is 23.0. The van der Waals surface area contributed by atoms with E-state index < -0.39 is 28.5 Å². The van der Waals surface area contributed by atoms with Crippen molar-refractivity contribution < 1.29 is 18.0 Å². The van der Waals surface area contributed by atoms with Gasteiger partial charge >= 0.3 is 0 Å². The number of hydrogen-bond donors (Lipinski definition) is 1. The van der Waals surface area contributed by atoms with Crippen LogP contribution < -0.4 is 9.62 Å². The van der Waals surface area contributed by atoms with Crippen molar-refractivity contribution in [3.05, 3.63) is 99.5 Å². The number of carbonyl (C=O) groups excluding carboxylic acids is 2. The number of benzene rings is 3. The van der Waals surface area contributed by atoms with E-state index in [-0.39, 0.29) is 24.9 Å². The number of carbonyl (C=O) groups is 2. The highest BCUT2D eigenvalue weighted by Gasteiger charge is 2.33. The molecule has 9 heteroatoms. The Morgan fingerprint density at radius 1 is 0.897 bits per heavy atom. The summed E-state index contributed by atoms with van der Waals surface area (Å²) in [4.78, 5) is 29.1. The minimum atomic E-state index is -3.80. The van der Waals surface area contributed by atoms with Crippen molar-refractivity contribution >= 4 is 43.5 Å². The number of halogens is 1. The summed E-state index contributed by atoms with van der Waals surface area (Å²) in [5.74, 6) is -0.766. The maximum atomic E-state index is 14.0.